The van der Waals surface area contributed by atoms with Gasteiger partial charge in [0.05, 0.1) is 5.57 Å². The van der Waals surface area contributed by atoms with Crippen molar-refractivity contribution in [3.05, 3.63) is 59.9 Å². The zero-order valence-electron chi connectivity index (χ0n) is 8.85. The Morgan fingerprint density at radius 2 is 2.12 bits per heavy atom. The Labute approximate surface area is 94.4 Å². The van der Waals surface area contributed by atoms with Crippen molar-refractivity contribution < 1.29 is 9.53 Å². The van der Waals surface area contributed by atoms with Crippen LogP contribution in [0.3, 0.4) is 0 Å². The molecule has 3 nitrogen and oxygen atoms in total. The van der Waals surface area contributed by atoms with E-state index in [0.29, 0.717) is 18.6 Å². The average Bonchev–Trinajstić information content (AvgIpc) is 2.38. The zero-order chi connectivity index (χ0) is 11.2. The smallest absolute Gasteiger partial charge is 0.336 e. The number of rotatable bonds is 3. The van der Waals surface area contributed by atoms with Gasteiger partial charge in [0.25, 0.3) is 0 Å². The largest absolute Gasteiger partial charge is 0.457 e. The number of ether oxygens (including phenoxy) is 1. The topological polar surface area (TPSA) is 38.3 Å². The van der Waals surface area contributed by atoms with E-state index in [0.717, 1.165) is 5.56 Å². The molecule has 82 valence electrons. The molecule has 1 heterocycles. The molecule has 0 amide bonds. The summed E-state index contributed by atoms with van der Waals surface area (Å²) in [7, 11) is 0. The van der Waals surface area contributed by atoms with Gasteiger partial charge in [-0.1, -0.05) is 36.4 Å². The summed E-state index contributed by atoms with van der Waals surface area (Å²) in [6.07, 6.45) is 5.99. The molecule has 0 saturated heterocycles. The Balaban J connectivity index is 1.87. The molecule has 1 aromatic rings. The normalized spacial score (nSPS) is 13.9. The molecule has 3 heteroatoms. The van der Waals surface area contributed by atoms with Gasteiger partial charge in [0.2, 0.25) is 0 Å². The molecule has 16 heavy (non-hydrogen) atoms. The summed E-state index contributed by atoms with van der Waals surface area (Å²) in [5.41, 5.74) is 1.65. The van der Waals surface area contributed by atoms with Crippen LogP contribution >= 0.6 is 0 Å². The van der Waals surface area contributed by atoms with E-state index in [4.69, 9.17) is 4.74 Å². The molecule has 0 unspecified atom stereocenters. The number of nitrogens with one attached hydrogen (secondary N) is 1. The second-order valence-electron chi connectivity index (χ2n) is 3.50. The predicted molar refractivity (Wildman–Crippen MR) is 61.2 cm³/mol. The summed E-state index contributed by atoms with van der Waals surface area (Å²) < 4.78 is 5.19. The quantitative estimate of drug-likeness (QED) is 0.785. The first-order chi connectivity index (χ1) is 7.86. The molecule has 0 bridgehead atoms. The zero-order valence-corrected chi connectivity index (χ0v) is 8.85. The lowest BCUT2D eigenvalue weighted by atomic mass is 10.2. The van der Waals surface area contributed by atoms with Gasteiger partial charge in [0.1, 0.15) is 6.61 Å². The van der Waals surface area contributed by atoms with Crippen molar-refractivity contribution in [3.8, 4) is 0 Å². The number of dihydropyridines is 1. The van der Waals surface area contributed by atoms with Crippen molar-refractivity contribution >= 4 is 5.97 Å². The summed E-state index contributed by atoms with van der Waals surface area (Å²) in [4.78, 5) is 11.6. The minimum Gasteiger partial charge on any atom is -0.457 e. The highest BCUT2D eigenvalue weighted by molar-refractivity contribution is 5.88. The lowest BCUT2D eigenvalue weighted by Crippen LogP contribution is -2.12. The highest BCUT2D eigenvalue weighted by Gasteiger charge is 2.11. The third-order valence-corrected chi connectivity index (χ3v) is 2.28. The summed E-state index contributed by atoms with van der Waals surface area (Å²) in [5.74, 6) is -0.263. The summed E-state index contributed by atoms with van der Waals surface area (Å²) in [6.45, 7) is 0.320. The third-order valence-electron chi connectivity index (χ3n) is 2.28. The molecular formula is C13H13NO2. The van der Waals surface area contributed by atoms with Crippen molar-refractivity contribution in [3.63, 3.8) is 0 Å². The van der Waals surface area contributed by atoms with Gasteiger partial charge in [-0.05, 0) is 11.8 Å². The van der Waals surface area contributed by atoms with Crippen LogP contribution in [0.15, 0.2) is 54.4 Å². The molecule has 2 rings (SSSR count). The van der Waals surface area contributed by atoms with Gasteiger partial charge >= 0.3 is 5.97 Å². The lowest BCUT2D eigenvalue weighted by molar-refractivity contribution is -0.140. The van der Waals surface area contributed by atoms with Crippen LogP contribution in [-0.4, -0.2) is 5.97 Å². The van der Waals surface area contributed by atoms with Crippen LogP contribution in [-0.2, 0) is 16.1 Å². The maximum atomic E-state index is 11.6. The number of hydrogen-bond donors (Lipinski definition) is 1. The first kappa shape index (κ1) is 10.5. The van der Waals surface area contributed by atoms with E-state index in [-0.39, 0.29) is 5.97 Å². The molecule has 1 aliphatic heterocycles. The molecular weight excluding hydrogens is 202 g/mol. The number of carbonyl (C=O) groups excluding carboxylic acids is 1. The van der Waals surface area contributed by atoms with Gasteiger partial charge in [-0.15, -0.1) is 0 Å². The summed E-state index contributed by atoms with van der Waals surface area (Å²) in [6, 6.07) is 9.64. The van der Waals surface area contributed by atoms with Crippen LogP contribution in [0.25, 0.3) is 0 Å². The van der Waals surface area contributed by atoms with Crippen LogP contribution in [0.1, 0.15) is 12.0 Å². The van der Waals surface area contributed by atoms with Crippen LogP contribution in [0, 0.1) is 0 Å². The molecule has 0 aromatic heterocycles. The minimum atomic E-state index is -0.263. The van der Waals surface area contributed by atoms with Gasteiger partial charge < -0.3 is 10.1 Å². The van der Waals surface area contributed by atoms with Crippen molar-refractivity contribution in [1.29, 1.82) is 0 Å². The SMILES string of the molecule is O=C(OCc1ccccc1)C1=CNC=CC1. The molecule has 0 aliphatic carbocycles. The molecule has 0 fully saturated rings. The standard InChI is InChI=1S/C13H13NO2/c15-13(12-7-4-8-14-9-12)16-10-11-5-2-1-3-6-11/h1-6,8-9,14H,7,10H2. The number of benzene rings is 1. The Morgan fingerprint density at radius 3 is 2.81 bits per heavy atom. The van der Waals surface area contributed by atoms with Gasteiger partial charge in [0.15, 0.2) is 0 Å². The Morgan fingerprint density at radius 1 is 1.31 bits per heavy atom. The van der Waals surface area contributed by atoms with Crippen molar-refractivity contribution in [2.45, 2.75) is 13.0 Å². The van der Waals surface area contributed by atoms with Gasteiger partial charge in [-0.2, -0.15) is 0 Å². The molecule has 1 N–H and O–H groups in total. The first-order valence-corrected chi connectivity index (χ1v) is 5.17. The van der Waals surface area contributed by atoms with Crippen LogP contribution in [0.4, 0.5) is 0 Å². The monoisotopic (exact) mass is 215 g/mol. The predicted octanol–water partition coefficient (Wildman–Crippen LogP) is 2.12. The third kappa shape index (κ3) is 2.73. The number of hydrogen-bond acceptors (Lipinski definition) is 3. The van der Waals surface area contributed by atoms with Crippen molar-refractivity contribution in [2.75, 3.05) is 0 Å². The summed E-state index contributed by atoms with van der Waals surface area (Å²) >= 11 is 0. The number of carbonyl (C=O) groups is 1. The van der Waals surface area contributed by atoms with E-state index in [2.05, 4.69) is 5.32 Å². The van der Waals surface area contributed by atoms with E-state index < -0.39 is 0 Å². The fourth-order valence-corrected chi connectivity index (χ4v) is 1.42. The van der Waals surface area contributed by atoms with Gasteiger partial charge in [-0.3, -0.25) is 0 Å². The van der Waals surface area contributed by atoms with Crippen LogP contribution in [0.2, 0.25) is 0 Å². The van der Waals surface area contributed by atoms with Crippen molar-refractivity contribution in [1.82, 2.24) is 5.32 Å². The van der Waals surface area contributed by atoms with E-state index in [1.807, 2.05) is 36.4 Å². The summed E-state index contributed by atoms with van der Waals surface area (Å²) in [5, 5.41) is 2.87. The van der Waals surface area contributed by atoms with Crippen LogP contribution in [0.5, 0.6) is 0 Å². The average molecular weight is 215 g/mol. The Hall–Kier alpha value is -2.03. The number of allylic oxidation sites excluding steroid dienone is 1. The van der Waals surface area contributed by atoms with E-state index >= 15 is 0 Å². The molecule has 1 aromatic carbocycles. The first-order valence-electron chi connectivity index (χ1n) is 5.17. The molecule has 0 saturated carbocycles. The number of esters is 1. The van der Waals surface area contributed by atoms with Gasteiger partial charge in [0, 0.05) is 12.6 Å². The fourth-order valence-electron chi connectivity index (χ4n) is 1.42. The van der Waals surface area contributed by atoms with E-state index in [1.54, 1.807) is 12.4 Å². The second kappa shape index (κ2) is 5.16. The van der Waals surface area contributed by atoms with E-state index in [9.17, 15) is 4.79 Å². The van der Waals surface area contributed by atoms with Crippen molar-refractivity contribution in [2.24, 2.45) is 0 Å². The maximum Gasteiger partial charge on any atom is 0.336 e. The van der Waals surface area contributed by atoms with Crippen LogP contribution < -0.4 is 5.32 Å². The highest BCUT2D eigenvalue weighted by Crippen LogP contribution is 2.09. The Kier molecular flexibility index (Phi) is 3.38. The molecule has 0 spiro atoms. The lowest BCUT2D eigenvalue weighted by Gasteiger charge is -2.09. The second-order valence-corrected chi connectivity index (χ2v) is 3.50. The van der Waals surface area contributed by atoms with E-state index in [1.165, 1.54) is 0 Å². The molecule has 0 atom stereocenters. The fraction of sp³-hybridized carbons (Fsp3) is 0.154. The highest BCUT2D eigenvalue weighted by atomic mass is 16.5. The maximum absolute atomic E-state index is 11.6. The Bertz CT molecular complexity index is 421. The molecule has 1 aliphatic rings. The van der Waals surface area contributed by atoms with Gasteiger partial charge in [-0.25, -0.2) is 4.79 Å². The minimum absolute atomic E-state index is 0.263. The molecule has 0 radical (unpaired) electrons.